The summed E-state index contributed by atoms with van der Waals surface area (Å²) in [7, 11) is -4.61. The Hall–Kier alpha value is -3.08. The van der Waals surface area contributed by atoms with Crippen molar-refractivity contribution in [2.45, 2.75) is 37.4 Å². The van der Waals surface area contributed by atoms with Crippen LogP contribution in [0.2, 0.25) is 5.02 Å². The van der Waals surface area contributed by atoms with Gasteiger partial charge in [-0.15, -0.1) is 0 Å². The largest absolute Gasteiger partial charge is 0.506 e. The van der Waals surface area contributed by atoms with Gasteiger partial charge in [0.2, 0.25) is 0 Å². The fraction of sp³-hybridized carbons (Fsp3) is 0.231. The Kier molecular flexibility index (Phi) is 8.56. The summed E-state index contributed by atoms with van der Waals surface area (Å²) < 4.78 is 81.8. The predicted octanol–water partition coefficient (Wildman–Crippen LogP) is 6.73. The first-order valence-electron chi connectivity index (χ1n) is 11.1. The molecule has 0 radical (unpaired) electrons. The van der Waals surface area contributed by atoms with Gasteiger partial charge in [-0.25, -0.2) is 12.8 Å². The number of hydrogen-bond donors (Lipinski definition) is 2. The van der Waals surface area contributed by atoms with E-state index in [4.69, 9.17) is 11.6 Å². The Bertz CT molecular complexity index is 1400. The molecule has 5 nitrogen and oxygen atoms in total. The van der Waals surface area contributed by atoms with Crippen molar-refractivity contribution in [2.24, 2.45) is 0 Å². The molecule has 3 aromatic rings. The van der Waals surface area contributed by atoms with Crippen LogP contribution in [0.1, 0.15) is 37.0 Å². The van der Waals surface area contributed by atoms with Gasteiger partial charge in [0.15, 0.2) is 0 Å². The summed E-state index contributed by atoms with van der Waals surface area (Å²) >= 11 is 6.13. The fourth-order valence-electron chi connectivity index (χ4n) is 3.66. The molecule has 198 valence electrons. The Morgan fingerprint density at radius 2 is 1.78 bits per heavy atom. The number of aromatic hydroxyl groups is 1. The van der Waals surface area contributed by atoms with E-state index in [9.17, 15) is 36.2 Å². The molecule has 0 aromatic heterocycles. The minimum atomic E-state index is -4.77. The van der Waals surface area contributed by atoms with Crippen molar-refractivity contribution >= 4 is 39.0 Å². The summed E-state index contributed by atoms with van der Waals surface area (Å²) in [5.41, 5.74) is -0.454. The number of aliphatic hydroxyl groups is 1. The van der Waals surface area contributed by atoms with Crippen LogP contribution < -0.4 is 4.31 Å². The lowest BCUT2D eigenvalue weighted by Crippen LogP contribution is -2.33. The van der Waals surface area contributed by atoms with Crippen LogP contribution in [0, 0.1) is 5.82 Å². The second-order valence-corrected chi connectivity index (χ2v) is 10.7. The van der Waals surface area contributed by atoms with E-state index in [1.807, 2.05) is 0 Å². The zero-order valence-corrected chi connectivity index (χ0v) is 21.4. The van der Waals surface area contributed by atoms with Gasteiger partial charge in [0.1, 0.15) is 11.6 Å². The zero-order valence-electron chi connectivity index (χ0n) is 19.8. The maximum absolute atomic E-state index is 14.4. The Morgan fingerprint density at radius 1 is 1.11 bits per heavy atom. The molecule has 0 aliphatic heterocycles. The Balaban J connectivity index is 2.13. The van der Waals surface area contributed by atoms with Gasteiger partial charge in [-0.1, -0.05) is 35.9 Å². The van der Waals surface area contributed by atoms with Crippen LogP contribution in [-0.2, 0) is 16.2 Å². The normalized spacial score (nSPS) is 13.5. The number of phenolic OH excluding ortho intramolecular Hbond substituents is 1. The highest BCUT2D eigenvalue weighted by Gasteiger charge is 2.34. The molecule has 2 N–H and O–H groups in total. The van der Waals surface area contributed by atoms with Crippen LogP contribution in [0.5, 0.6) is 5.75 Å². The maximum Gasteiger partial charge on any atom is 0.416 e. The number of anilines is 1. The lowest BCUT2D eigenvalue weighted by Gasteiger charge is -2.26. The minimum absolute atomic E-state index is 0.0679. The van der Waals surface area contributed by atoms with Gasteiger partial charge in [-0.2, -0.15) is 13.2 Å². The first kappa shape index (κ1) is 28.5. The van der Waals surface area contributed by atoms with Crippen molar-refractivity contribution in [2.75, 3.05) is 10.8 Å². The summed E-state index contributed by atoms with van der Waals surface area (Å²) in [4.78, 5) is -0.636. The average molecular weight is 558 g/mol. The monoisotopic (exact) mass is 557 g/mol. The van der Waals surface area contributed by atoms with Crippen molar-refractivity contribution in [1.82, 2.24) is 0 Å². The van der Waals surface area contributed by atoms with Gasteiger partial charge >= 0.3 is 6.18 Å². The van der Waals surface area contributed by atoms with Gasteiger partial charge in [-0.3, -0.25) is 4.31 Å². The van der Waals surface area contributed by atoms with Crippen LogP contribution in [-0.4, -0.2) is 31.3 Å². The van der Waals surface area contributed by atoms with Gasteiger partial charge in [-0.05, 0) is 73.9 Å². The van der Waals surface area contributed by atoms with E-state index >= 15 is 0 Å². The van der Waals surface area contributed by atoms with E-state index in [0.29, 0.717) is 17.2 Å². The summed E-state index contributed by atoms with van der Waals surface area (Å²) in [6, 6.07) is 11.4. The SMILES string of the molecule is C/C(=C\c1ccc(O)c(N(CCC(C)O)S(=O)(=O)c2cccc(C(F)(F)F)c2)c1)c1c(F)cccc1Cl. The number of aliphatic hydroxyl groups excluding tert-OH is 1. The molecule has 0 saturated carbocycles. The van der Waals surface area contributed by atoms with Gasteiger partial charge < -0.3 is 10.2 Å². The van der Waals surface area contributed by atoms with Crippen molar-refractivity contribution in [3.05, 3.63) is 88.2 Å². The average Bonchev–Trinajstić information content (AvgIpc) is 2.80. The molecule has 0 amide bonds. The van der Waals surface area contributed by atoms with Gasteiger partial charge in [0.05, 0.1) is 27.3 Å². The number of allylic oxidation sites excluding steroid dienone is 1. The van der Waals surface area contributed by atoms with Crippen molar-refractivity contribution < 1.29 is 36.2 Å². The molecule has 1 unspecified atom stereocenters. The smallest absolute Gasteiger partial charge is 0.416 e. The number of sulfonamides is 1. The second kappa shape index (κ2) is 11.1. The molecule has 1 atom stereocenters. The van der Waals surface area contributed by atoms with E-state index in [1.54, 1.807) is 6.92 Å². The number of hydrogen-bond acceptors (Lipinski definition) is 4. The predicted molar refractivity (Wildman–Crippen MR) is 135 cm³/mol. The quantitative estimate of drug-likeness (QED) is 0.238. The van der Waals surface area contributed by atoms with Gasteiger partial charge in [0.25, 0.3) is 10.0 Å². The summed E-state index contributed by atoms with van der Waals surface area (Å²) in [6.07, 6.45) is -4.25. The van der Waals surface area contributed by atoms with Crippen LogP contribution >= 0.6 is 11.6 Å². The molecule has 3 rings (SSSR count). The van der Waals surface area contributed by atoms with E-state index in [-0.39, 0.29) is 29.2 Å². The van der Waals surface area contributed by atoms with E-state index in [1.165, 1.54) is 49.4 Å². The third-order valence-corrected chi connectivity index (χ3v) is 7.63. The number of halogens is 5. The minimum Gasteiger partial charge on any atom is -0.506 e. The fourth-order valence-corrected chi connectivity index (χ4v) is 5.50. The number of benzene rings is 3. The van der Waals surface area contributed by atoms with Crippen molar-refractivity contribution in [1.29, 1.82) is 0 Å². The van der Waals surface area contributed by atoms with Crippen LogP contribution in [0.3, 0.4) is 0 Å². The first-order chi connectivity index (χ1) is 17.2. The summed E-state index contributed by atoms with van der Waals surface area (Å²) in [5, 5.41) is 20.5. The molecule has 0 bridgehead atoms. The Morgan fingerprint density at radius 3 is 2.41 bits per heavy atom. The van der Waals surface area contributed by atoms with E-state index in [2.05, 4.69) is 0 Å². The third kappa shape index (κ3) is 6.63. The van der Waals surface area contributed by atoms with E-state index in [0.717, 1.165) is 22.5 Å². The van der Waals surface area contributed by atoms with Crippen molar-refractivity contribution in [3.63, 3.8) is 0 Å². The topological polar surface area (TPSA) is 77.8 Å². The molecular formula is C26H24ClF4NO4S. The summed E-state index contributed by atoms with van der Waals surface area (Å²) in [6.45, 7) is 2.69. The highest BCUT2D eigenvalue weighted by molar-refractivity contribution is 7.92. The first-order valence-corrected chi connectivity index (χ1v) is 12.9. The Labute approximate surface area is 217 Å². The lowest BCUT2D eigenvalue weighted by atomic mass is 10.0. The highest BCUT2D eigenvalue weighted by Crippen LogP contribution is 2.36. The lowest BCUT2D eigenvalue weighted by molar-refractivity contribution is -0.137. The van der Waals surface area contributed by atoms with Crippen LogP contribution in [0.15, 0.2) is 65.6 Å². The zero-order chi connectivity index (χ0) is 27.5. The van der Waals surface area contributed by atoms with Crippen LogP contribution in [0.25, 0.3) is 11.6 Å². The standard InChI is InChI=1S/C26H24ClF4NO4S/c1-16(25-21(27)7-4-8-22(25)28)13-18-9-10-24(34)23(14-18)32(12-11-17(2)33)37(35,36)20-6-3-5-19(15-20)26(29,30)31/h3-10,13-15,17,33-34H,11-12H2,1-2H3/b16-13+. The molecule has 0 spiro atoms. The molecule has 0 aliphatic rings. The van der Waals surface area contributed by atoms with Crippen molar-refractivity contribution in [3.8, 4) is 5.75 Å². The molecule has 37 heavy (non-hydrogen) atoms. The molecule has 0 fully saturated rings. The number of rotatable bonds is 8. The second-order valence-electron chi connectivity index (χ2n) is 8.41. The molecule has 0 saturated heterocycles. The number of alkyl halides is 3. The molecular weight excluding hydrogens is 534 g/mol. The molecule has 11 heteroatoms. The number of nitrogens with zero attached hydrogens (tertiary/aromatic N) is 1. The highest BCUT2D eigenvalue weighted by atomic mass is 35.5. The number of phenols is 1. The van der Waals surface area contributed by atoms with E-state index < -0.39 is 44.3 Å². The molecule has 0 heterocycles. The molecule has 0 aliphatic carbocycles. The summed E-state index contributed by atoms with van der Waals surface area (Å²) in [5.74, 6) is -1.02. The maximum atomic E-state index is 14.4. The van der Waals surface area contributed by atoms with Gasteiger partial charge in [0, 0.05) is 12.1 Å². The van der Waals surface area contributed by atoms with Crippen LogP contribution in [0.4, 0.5) is 23.2 Å². The molecule has 3 aromatic carbocycles. The third-order valence-electron chi connectivity index (χ3n) is 5.51.